The van der Waals surface area contributed by atoms with Crippen LogP contribution in [0.3, 0.4) is 0 Å². The fourth-order valence-electron chi connectivity index (χ4n) is 4.18. The zero-order chi connectivity index (χ0) is 20.5. The molecule has 1 aliphatic rings. The molecule has 152 valence electrons. The van der Waals surface area contributed by atoms with Crippen molar-refractivity contribution in [3.05, 3.63) is 62.0 Å². The quantitative estimate of drug-likeness (QED) is 0.618. The van der Waals surface area contributed by atoms with Crippen molar-refractivity contribution in [2.24, 2.45) is 0 Å². The molecule has 1 aromatic carbocycles. The highest BCUT2D eigenvalue weighted by Crippen LogP contribution is 2.28. The number of likely N-dealkylation sites (tertiary alicyclic amines) is 1. The second-order valence-corrected chi connectivity index (χ2v) is 9.14. The fourth-order valence-corrected chi connectivity index (χ4v) is 5.46. The minimum atomic E-state index is -0.0479. The standard InChI is InChI=1S/C22H24ClN3O2S/c1-3-17-14(2)29-21-20(17)22(28)26(13-24-21)16-8-6-10-25(12-16)19(27)11-15-7-4-5-9-18(15)23/h4-5,7,9,13,16H,3,6,8,10-12H2,1-2H3. The largest absolute Gasteiger partial charge is 0.340 e. The first-order valence-electron chi connectivity index (χ1n) is 9.99. The van der Waals surface area contributed by atoms with Crippen LogP contribution in [0.25, 0.3) is 10.2 Å². The van der Waals surface area contributed by atoms with Gasteiger partial charge in [-0.1, -0.05) is 36.7 Å². The summed E-state index contributed by atoms with van der Waals surface area (Å²) >= 11 is 7.79. The van der Waals surface area contributed by atoms with Crippen LogP contribution in [0.4, 0.5) is 0 Å². The van der Waals surface area contributed by atoms with Crippen LogP contribution in [0.5, 0.6) is 0 Å². The smallest absolute Gasteiger partial charge is 0.262 e. The molecule has 1 atom stereocenters. The van der Waals surface area contributed by atoms with E-state index in [0.29, 0.717) is 18.1 Å². The van der Waals surface area contributed by atoms with Gasteiger partial charge in [-0.05, 0) is 43.4 Å². The molecule has 29 heavy (non-hydrogen) atoms. The Morgan fingerprint density at radius 1 is 1.34 bits per heavy atom. The van der Waals surface area contributed by atoms with Gasteiger partial charge in [0.1, 0.15) is 4.83 Å². The molecular weight excluding hydrogens is 406 g/mol. The van der Waals surface area contributed by atoms with Gasteiger partial charge >= 0.3 is 0 Å². The van der Waals surface area contributed by atoms with Crippen LogP contribution < -0.4 is 5.56 Å². The Kier molecular flexibility index (Phi) is 5.74. The number of carbonyl (C=O) groups is 1. The van der Waals surface area contributed by atoms with E-state index in [-0.39, 0.29) is 23.9 Å². The molecular formula is C22H24ClN3O2S. The summed E-state index contributed by atoms with van der Waals surface area (Å²) in [6.45, 7) is 5.36. The number of thiophene rings is 1. The number of fused-ring (bicyclic) bond motifs is 1. The zero-order valence-electron chi connectivity index (χ0n) is 16.7. The SMILES string of the molecule is CCc1c(C)sc2ncn(C3CCCN(C(=O)Cc4ccccc4Cl)C3)c(=O)c12. The first-order chi connectivity index (χ1) is 14.0. The van der Waals surface area contributed by atoms with E-state index in [1.807, 2.05) is 30.0 Å². The van der Waals surface area contributed by atoms with E-state index in [2.05, 4.69) is 11.9 Å². The lowest BCUT2D eigenvalue weighted by molar-refractivity contribution is -0.132. The van der Waals surface area contributed by atoms with Gasteiger partial charge < -0.3 is 4.90 Å². The first-order valence-corrected chi connectivity index (χ1v) is 11.2. The topological polar surface area (TPSA) is 55.2 Å². The molecule has 0 bridgehead atoms. The third-order valence-electron chi connectivity index (χ3n) is 5.73. The molecule has 0 aliphatic carbocycles. The number of hydrogen-bond acceptors (Lipinski definition) is 4. The Bertz CT molecular complexity index is 1120. The van der Waals surface area contributed by atoms with Crippen molar-refractivity contribution in [1.82, 2.24) is 14.5 Å². The molecule has 4 rings (SSSR count). The molecule has 1 aliphatic heterocycles. The van der Waals surface area contributed by atoms with Crippen molar-refractivity contribution >= 4 is 39.1 Å². The Morgan fingerprint density at radius 3 is 2.90 bits per heavy atom. The lowest BCUT2D eigenvalue weighted by Crippen LogP contribution is -2.43. The minimum Gasteiger partial charge on any atom is -0.340 e. The number of aryl methyl sites for hydroxylation is 2. The van der Waals surface area contributed by atoms with Crippen LogP contribution in [0.2, 0.25) is 5.02 Å². The number of rotatable bonds is 4. The highest BCUT2D eigenvalue weighted by atomic mass is 35.5. The van der Waals surface area contributed by atoms with Crippen LogP contribution in [-0.4, -0.2) is 33.4 Å². The van der Waals surface area contributed by atoms with Gasteiger partial charge in [-0.3, -0.25) is 14.2 Å². The summed E-state index contributed by atoms with van der Waals surface area (Å²) in [4.78, 5) is 34.5. The lowest BCUT2D eigenvalue weighted by Gasteiger charge is -2.33. The van der Waals surface area contributed by atoms with Crippen LogP contribution in [0.15, 0.2) is 35.4 Å². The van der Waals surface area contributed by atoms with Gasteiger partial charge in [-0.15, -0.1) is 11.3 Å². The molecule has 3 heterocycles. The number of halogens is 1. The maximum absolute atomic E-state index is 13.2. The number of hydrogen-bond donors (Lipinski definition) is 0. The minimum absolute atomic E-state index is 0.0154. The van der Waals surface area contributed by atoms with Gasteiger partial charge in [0.05, 0.1) is 24.2 Å². The van der Waals surface area contributed by atoms with Crippen LogP contribution in [-0.2, 0) is 17.6 Å². The van der Waals surface area contributed by atoms with E-state index in [1.165, 1.54) is 0 Å². The number of nitrogens with zero attached hydrogens (tertiary/aromatic N) is 3. The second-order valence-electron chi connectivity index (χ2n) is 7.53. The molecule has 5 nitrogen and oxygen atoms in total. The lowest BCUT2D eigenvalue weighted by atomic mass is 10.0. The second kappa shape index (κ2) is 8.28. The normalized spacial score (nSPS) is 17.1. The number of benzene rings is 1. The fraction of sp³-hybridized carbons (Fsp3) is 0.409. The summed E-state index contributed by atoms with van der Waals surface area (Å²) in [5, 5.41) is 1.36. The first kappa shape index (κ1) is 20.1. The summed E-state index contributed by atoms with van der Waals surface area (Å²) < 4.78 is 1.74. The highest BCUT2D eigenvalue weighted by molar-refractivity contribution is 7.18. The third-order valence-corrected chi connectivity index (χ3v) is 7.16. The Labute approximate surface area is 178 Å². The van der Waals surface area contributed by atoms with E-state index in [9.17, 15) is 9.59 Å². The van der Waals surface area contributed by atoms with Crippen molar-refractivity contribution < 1.29 is 4.79 Å². The molecule has 3 aromatic rings. The molecule has 1 fully saturated rings. The molecule has 2 aromatic heterocycles. The molecule has 0 radical (unpaired) electrons. The number of aromatic nitrogens is 2. The number of amides is 1. The average Bonchev–Trinajstić information content (AvgIpc) is 3.06. The van der Waals surface area contributed by atoms with E-state index >= 15 is 0 Å². The summed E-state index contributed by atoms with van der Waals surface area (Å²) in [5.74, 6) is 0.0468. The van der Waals surface area contributed by atoms with Gasteiger partial charge in [0.15, 0.2) is 0 Å². The summed E-state index contributed by atoms with van der Waals surface area (Å²) in [5.41, 5.74) is 1.95. The maximum Gasteiger partial charge on any atom is 0.262 e. The molecule has 1 saturated heterocycles. The van der Waals surface area contributed by atoms with Crippen molar-refractivity contribution in [3.63, 3.8) is 0 Å². The van der Waals surface area contributed by atoms with Gasteiger partial charge in [0.2, 0.25) is 5.91 Å². The molecule has 0 saturated carbocycles. The van der Waals surface area contributed by atoms with Gasteiger partial charge in [0.25, 0.3) is 5.56 Å². The summed E-state index contributed by atoms with van der Waals surface area (Å²) in [6, 6.07) is 7.39. The molecule has 7 heteroatoms. The summed E-state index contributed by atoms with van der Waals surface area (Å²) in [7, 11) is 0. The number of carbonyl (C=O) groups excluding carboxylic acids is 1. The Balaban J connectivity index is 1.58. The molecule has 1 unspecified atom stereocenters. The van der Waals surface area contributed by atoms with Gasteiger partial charge in [-0.25, -0.2) is 4.98 Å². The van der Waals surface area contributed by atoms with Gasteiger partial charge in [0, 0.05) is 23.0 Å². The molecule has 1 amide bonds. The third kappa shape index (κ3) is 3.83. The molecule has 0 spiro atoms. The van der Waals surface area contributed by atoms with Crippen molar-refractivity contribution in [3.8, 4) is 0 Å². The van der Waals surface area contributed by atoms with E-state index in [1.54, 1.807) is 28.3 Å². The monoisotopic (exact) mass is 429 g/mol. The van der Waals surface area contributed by atoms with Crippen LogP contribution >= 0.6 is 22.9 Å². The maximum atomic E-state index is 13.2. The average molecular weight is 430 g/mol. The van der Waals surface area contributed by atoms with E-state index in [0.717, 1.165) is 45.5 Å². The predicted octanol–water partition coefficient (Wildman–Crippen LogP) is 4.39. The van der Waals surface area contributed by atoms with Gasteiger partial charge in [-0.2, -0.15) is 0 Å². The van der Waals surface area contributed by atoms with Crippen molar-refractivity contribution in [2.75, 3.05) is 13.1 Å². The number of piperidine rings is 1. The predicted molar refractivity (Wildman–Crippen MR) is 118 cm³/mol. The van der Waals surface area contributed by atoms with Crippen LogP contribution in [0.1, 0.15) is 41.8 Å². The van der Waals surface area contributed by atoms with Crippen molar-refractivity contribution in [1.29, 1.82) is 0 Å². The summed E-state index contributed by atoms with van der Waals surface area (Å²) in [6.07, 6.45) is 4.50. The Hall–Kier alpha value is -2.18. The van der Waals surface area contributed by atoms with Crippen molar-refractivity contribution in [2.45, 2.75) is 45.6 Å². The van der Waals surface area contributed by atoms with E-state index in [4.69, 9.17) is 11.6 Å². The van der Waals surface area contributed by atoms with E-state index < -0.39 is 0 Å². The van der Waals surface area contributed by atoms with Crippen LogP contribution in [0, 0.1) is 6.92 Å². The zero-order valence-corrected chi connectivity index (χ0v) is 18.2. The molecule has 0 N–H and O–H groups in total. The Morgan fingerprint density at radius 2 is 2.14 bits per heavy atom. The highest BCUT2D eigenvalue weighted by Gasteiger charge is 2.27.